The molecule has 0 radical (unpaired) electrons. The van der Waals surface area contributed by atoms with Gasteiger partial charge in [-0.2, -0.15) is 0 Å². The monoisotopic (exact) mass is 364 g/mol. The zero-order valence-electron chi connectivity index (χ0n) is 15.5. The largest absolute Gasteiger partial charge is 0.383 e. The number of hydrogen-bond acceptors (Lipinski definition) is 3. The van der Waals surface area contributed by atoms with Crippen LogP contribution in [0.15, 0.2) is 48.5 Å². The van der Waals surface area contributed by atoms with Crippen LogP contribution < -0.4 is 5.32 Å². The van der Waals surface area contributed by atoms with Crippen LogP contribution in [0.25, 0.3) is 0 Å². The van der Waals surface area contributed by atoms with Gasteiger partial charge in [0.2, 0.25) is 11.8 Å². The Labute approximate surface area is 159 Å². The Kier molecular flexibility index (Phi) is 4.94. The highest BCUT2D eigenvalue weighted by Crippen LogP contribution is 2.31. The van der Waals surface area contributed by atoms with E-state index in [0.29, 0.717) is 19.6 Å². The SMILES string of the molecule is COCCN1C(=O)Cc2ccccc2C1C(=O)NC1Cc2ccccc2C1. The number of nitrogens with one attached hydrogen (secondary N) is 1. The Hall–Kier alpha value is -2.66. The van der Waals surface area contributed by atoms with Gasteiger partial charge in [-0.15, -0.1) is 0 Å². The number of amides is 2. The van der Waals surface area contributed by atoms with Gasteiger partial charge in [0, 0.05) is 19.7 Å². The molecule has 2 aromatic carbocycles. The lowest BCUT2D eigenvalue weighted by Gasteiger charge is -2.36. The number of nitrogens with zero attached hydrogens (tertiary/aromatic N) is 1. The average molecular weight is 364 g/mol. The quantitative estimate of drug-likeness (QED) is 0.883. The van der Waals surface area contributed by atoms with Crippen LogP contribution in [-0.4, -0.2) is 43.0 Å². The summed E-state index contributed by atoms with van der Waals surface area (Å²) >= 11 is 0. The standard InChI is InChI=1S/C22H24N2O3/c1-27-11-10-24-20(25)14-17-8-4-5-9-19(17)21(24)22(26)23-18-12-15-6-2-3-7-16(15)13-18/h2-9,18,21H,10-14H2,1H3,(H,23,26). The number of benzene rings is 2. The highest BCUT2D eigenvalue weighted by molar-refractivity contribution is 5.92. The van der Waals surface area contributed by atoms with Crippen molar-refractivity contribution in [1.29, 1.82) is 0 Å². The number of carbonyl (C=O) groups excluding carboxylic acids is 2. The molecular formula is C22H24N2O3. The van der Waals surface area contributed by atoms with Crippen molar-refractivity contribution in [3.05, 3.63) is 70.8 Å². The minimum Gasteiger partial charge on any atom is -0.383 e. The van der Waals surface area contributed by atoms with Crippen LogP contribution in [0.5, 0.6) is 0 Å². The summed E-state index contributed by atoms with van der Waals surface area (Å²) in [5.74, 6) is -0.134. The Morgan fingerprint density at radius 2 is 1.70 bits per heavy atom. The first-order valence-electron chi connectivity index (χ1n) is 9.40. The number of rotatable bonds is 5. The summed E-state index contributed by atoms with van der Waals surface area (Å²) in [6.45, 7) is 0.819. The Bertz CT molecular complexity index is 839. The Morgan fingerprint density at radius 3 is 2.37 bits per heavy atom. The van der Waals surface area contributed by atoms with E-state index >= 15 is 0 Å². The van der Waals surface area contributed by atoms with Crippen LogP contribution in [0.1, 0.15) is 28.3 Å². The van der Waals surface area contributed by atoms with Crippen LogP contribution >= 0.6 is 0 Å². The summed E-state index contributed by atoms with van der Waals surface area (Å²) in [7, 11) is 1.60. The third-order valence-corrected chi connectivity index (χ3v) is 5.51. The third kappa shape index (κ3) is 3.47. The van der Waals surface area contributed by atoms with E-state index in [0.717, 1.165) is 24.0 Å². The molecular weight excluding hydrogens is 340 g/mol. The molecule has 27 heavy (non-hydrogen) atoms. The van der Waals surface area contributed by atoms with Crippen LogP contribution in [0, 0.1) is 0 Å². The molecule has 0 fully saturated rings. The van der Waals surface area contributed by atoms with Gasteiger partial charge in [0.05, 0.1) is 13.0 Å². The summed E-state index contributed by atoms with van der Waals surface area (Å²) < 4.78 is 5.16. The zero-order chi connectivity index (χ0) is 18.8. The van der Waals surface area contributed by atoms with Crippen molar-refractivity contribution in [2.45, 2.75) is 31.3 Å². The van der Waals surface area contributed by atoms with Gasteiger partial charge in [-0.25, -0.2) is 0 Å². The number of ether oxygens (including phenoxy) is 1. The van der Waals surface area contributed by atoms with E-state index in [9.17, 15) is 9.59 Å². The van der Waals surface area contributed by atoms with E-state index in [2.05, 4.69) is 17.4 Å². The van der Waals surface area contributed by atoms with Gasteiger partial charge < -0.3 is 15.0 Å². The van der Waals surface area contributed by atoms with Crippen molar-refractivity contribution in [3.63, 3.8) is 0 Å². The molecule has 5 heteroatoms. The van der Waals surface area contributed by atoms with Gasteiger partial charge in [0.1, 0.15) is 6.04 Å². The smallest absolute Gasteiger partial charge is 0.247 e. The van der Waals surface area contributed by atoms with Crippen molar-refractivity contribution < 1.29 is 14.3 Å². The molecule has 0 aromatic heterocycles. The van der Waals surface area contributed by atoms with Crippen molar-refractivity contribution in [3.8, 4) is 0 Å². The molecule has 0 bridgehead atoms. The maximum atomic E-state index is 13.2. The molecule has 140 valence electrons. The first kappa shape index (κ1) is 17.7. The second kappa shape index (κ2) is 7.53. The lowest BCUT2D eigenvalue weighted by atomic mass is 9.91. The summed E-state index contributed by atoms with van der Waals surface area (Å²) in [6, 6.07) is 15.5. The molecule has 4 rings (SSSR count). The topological polar surface area (TPSA) is 58.6 Å². The fraction of sp³-hybridized carbons (Fsp3) is 0.364. The third-order valence-electron chi connectivity index (χ3n) is 5.51. The number of hydrogen-bond donors (Lipinski definition) is 1. The van der Waals surface area contributed by atoms with Gasteiger partial charge in [-0.3, -0.25) is 9.59 Å². The van der Waals surface area contributed by atoms with Crippen molar-refractivity contribution in [1.82, 2.24) is 10.2 Å². The molecule has 1 N–H and O–H groups in total. The highest BCUT2D eigenvalue weighted by atomic mass is 16.5. The second-order valence-electron chi connectivity index (χ2n) is 7.24. The first-order chi connectivity index (χ1) is 13.2. The number of methoxy groups -OCH3 is 1. The fourth-order valence-corrected chi connectivity index (χ4v) is 4.21. The Morgan fingerprint density at radius 1 is 1.07 bits per heavy atom. The molecule has 2 aliphatic rings. The van der Waals surface area contributed by atoms with E-state index < -0.39 is 6.04 Å². The molecule has 1 heterocycles. The van der Waals surface area contributed by atoms with E-state index in [1.807, 2.05) is 36.4 Å². The van der Waals surface area contributed by atoms with E-state index in [-0.39, 0.29) is 17.9 Å². The molecule has 2 aromatic rings. The second-order valence-corrected chi connectivity index (χ2v) is 7.24. The zero-order valence-corrected chi connectivity index (χ0v) is 15.5. The number of carbonyl (C=O) groups is 2. The molecule has 5 nitrogen and oxygen atoms in total. The van der Waals surface area contributed by atoms with Gasteiger partial charge in [-0.05, 0) is 35.1 Å². The van der Waals surface area contributed by atoms with Crippen molar-refractivity contribution >= 4 is 11.8 Å². The minimum absolute atomic E-state index is 0.0272. The first-order valence-corrected chi connectivity index (χ1v) is 9.40. The average Bonchev–Trinajstić information content (AvgIpc) is 3.08. The Balaban J connectivity index is 1.57. The predicted octanol–water partition coefficient (Wildman–Crippen LogP) is 2.04. The van der Waals surface area contributed by atoms with Gasteiger partial charge >= 0.3 is 0 Å². The van der Waals surface area contributed by atoms with Crippen LogP contribution in [0.3, 0.4) is 0 Å². The normalized spacial score (nSPS) is 18.9. The highest BCUT2D eigenvalue weighted by Gasteiger charge is 2.38. The van der Waals surface area contributed by atoms with E-state index in [1.54, 1.807) is 12.0 Å². The maximum Gasteiger partial charge on any atom is 0.247 e. The van der Waals surface area contributed by atoms with E-state index in [1.165, 1.54) is 11.1 Å². The summed E-state index contributed by atoms with van der Waals surface area (Å²) in [5.41, 5.74) is 4.44. The minimum atomic E-state index is -0.596. The van der Waals surface area contributed by atoms with Gasteiger partial charge in [0.25, 0.3) is 0 Å². The van der Waals surface area contributed by atoms with Crippen LogP contribution in [-0.2, 0) is 33.6 Å². The molecule has 1 aliphatic heterocycles. The molecule has 2 amide bonds. The molecule has 1 aliphatic carbocycles. The van der Waals surface area contributed by atoms with Crippen LogP contribution in [0.2, 0.25) is 0 Å². The molecule has 1 atom stereocenters. The lowest BCUT2D eigenvalue weighted by Crippen LogP contribution is -2.50. The summed E-state index contributed by atoms with van der Waals surface area (Å²) in [5, 5.41) is 3.19. The van der Waals surface area contributed by atoms with E-state index in [4.69, 9.17) is 4.74 Å². The predicted molar refractivity (Wildman–Crippen MR) is 102 cm³/mol. The fourth-order valence-electron chi connectivity index (χ4n) is 4.21. The summed E-state index contributed by atoms with van der Waals surface area (Å²) in [6.07, 6.45) is 2.00. The number of fused-ring (bicyclic) bond motifs is 2. The molecule has 0 spiro atoms. The molecule has 0 saturated heterocycles. The van der Waals surface area contributed by atoms with Gasteiger partial charge in [-0.1, -0.05) is 48.5 Å². The van der Waals surface area contributed by atoms with Gasteiger partial charge in [0.15, 0.2) is 0 Å². The lowest BCUT2D eigenvalue weighted by molar-refractivity contribution is -0.142. The van der Waals surface area contributed by atoms with Crippen LogP contribution in [0.4, 0.5) is 0 Å². The molecule has 0 saturated carbocycles. The van der Waals surface area contributed by atoms with Crippen molar-refractivity contribution in [2.24, 2.45) is 0 Å². The van der Waals surface area contributed by atoms with Crippen molar-refractivity contribution in [2.75, 3.05) is 20.3 Å². The maximum absolute atomic E-state index is 13.2. The summed E-state index contributed by atoms with van der Waals surface area (Å²) in [4.78, 5) is 27.6. The molecule has 1 unspecified atom stereocenters.